The van der Waals surface area contributed by atoms with Crippen LogP contribution in [0, 0.1) is 25.7 Å². The first-order chi connectivity index (χ1) is 9.65. The van der Waals surface area contributed by atoms with Crippen LogP contribution >= 0.6 is 0 Å². The van der Waals surface area contributed by atoms with Gasteiger partial charge in [0.2, 0.25) is 5.91 Å². The van der Waals surface area contributed by atoms with E-state index in [9.17, 15) is 4.79 Å². The van der Waals surface area contributed by atoms with Crippen LogP contribution in [0.15, 0.2) is 0 Å². The van der Waals surface area contributed by atoms with Crippen molar-refractivity contribution in [3.8, 4) is 0 Å². The number of aromatic nitrogens is 2. The van der Waals surface area contributed by atoms with Crippen molar-refractivity contribution in [2.24, 2.45) is 11.8 Å². The lowest BCUT2D eigenvalue weighted by Crippen LogP contribution is -2.29. The van der Waals surface area contributed by atoms with Gasteiger partial charge in [-0.05, 0) is 50.5 Å². The predicted octanol–water partition coefficient (Wildman–Crippen LogP) is 2.61. The highest BCUT2D eigenvalue weighted by molar-refractivity contribution is 5.76. The van der Waals surface area contributed by atoms with Crippen LogP contribution in [0.5, 0.6) is 0 Å². The zero-order valence-corrected chi connectivity index (χ0v) is 12.6. The number of hydrogen-bond donors (Lipinski definition) is 1. The molecule has 2 aliphatic rings. The highest BCUT2D eigenvalue weighted by Gasteiger charge is 2.36. The monoisotopic (exact) mass is 275 g/mol. The van der Waals surface area contributed by atoms with Gasteiger partial charge in [-0.15, -0.1) is 0 Å². The number of carbonyl (C=O) groups excluding carboxylic acids is 1. The van der Waals surface area contributed by atoms with Gasteiger partial charge in [-0.1, -0.05) is 12.8 Å². The summed E-state index contributed by atoms with van der Waals surface area (Å²) in [6.07, 6.45) is 6.81. The molecule has 110 valence electrons. The summed E-state index contributed by atoms with van der Waals surface area (Å²) in [6, 6.07) is 0. The molecule has 0 aromatic carbocycles. The molecule has 20 heavy (non-hydrogen) atoms. The summed E-state index contributed by atoms with van der Waals surface area (Å²) in [4.78, 5) is 14.5. The summed E-state index contributed by atoms with van der Waals surface area (Å²) >= 11 is 0. The van der Waals surface area contributed by atoms with E-state index in [0.717, 1.165) is 42.7 Å². The second kappa shape index (κ2) is 5.58. The molecule has 1 N–H and O–H groups in total. The third-order valence-corrected chi connectivity index (χ3v) is 5.20. The van der Waals surface area contributed by atoms with E-state index in [0.29, 0.717) is 12.3 Å². The Labute approximate surface area is 120 Å². The smallest absolute Gasteiger partial charge is 0.222 e. The highest BCUT2D eigenvalue weighted by atomic mass is 16.2. The van der Waals surface area contributed by atoms with E-state index in [2.05, 4.69) is 15.1 Å². The van der Waals surface area contributed by atoms with Gasteiger partial charge < -0.3 is 4.90 Å². The number of H-pyrrole nitrogens is 1. The average molecular weight is 275 g/mol. The molecule has 2 atom stereocenters. The summed E-state index contributed by atoms with van der Waals surface area (Å²) in [5.74, 6) is 1.90. The molecule has 1 aliphatic heterocycles. The Hall–Kier alpha value is -1.32. The van der Waals surface area contributed by atoms with Crippen molar-refractivity contribution in [2.45, 2.75) is 52.4 Å². The minimum atomic E-state index is 0.333. The number of likely N-dealkylation sites (tertiary alicyclic amines) is 1. The molecule has 3 rings (SSSR count). The van der Waals surface area contributed by atoms with Crippen LogP contribution in [0.25, 0.3) is 0 Å². The molecule has 1 amide bonds. The molecule has 1 aliphatic carbocycles. The van der Waals surface area contributed by atoms with Crippen LogP contribution in [-0.4, -0.2) is 34.1 Å². The van der Waals surface area contributed by atoms with Crippen molar-refractivity contribution in [3.05, 3.63) is 17.0 Å². The van der Waals surface area contributed by atoms with Crippen LogP contribution in [0.4, 0.5) is 0 Å². The maximum atomic E-state index is 12.4. The van der Waals surface area contributed by atoms with Gasteiger partial charge in [0.05, 0.1) is 5.69 Å². The summed E-state index contributed by atoms with van der Waals surface area (Å²) < 4.78 is 0. The standard InChI is InChI=1S/C16H25N3O/c1-11-15(12(2)18-17-11)7-8-16(20)19-9-13-5-3-4-6-14(13)10-19/h13-14H,3-10H2,1-2H3,(H,17,18). The van der Waals surface area contributed by atoms with E-state index in [4.69, 9.17) is 0 Å². The van der Waals surface area contributed by atoms with Crippen LogP contribution in [0.3, 0.4) is 0 Å². The van der Waals surface area contributed by atoms with Crippen LogP contribution in [0.2, 0.25) is 0 Å². The van der Waals surface area contributed by atoms with E-state index in [1.54, 1.807) is 0 Å². The maximum Gasteiger partial charge on any atom is 0.222 e. The number of fused-ring (bicyclic) bond motifs is 1. The first kappa shape index (κ1) is 13.7. The Morgan fingerprint density at radius 1 is 1.25 bits per heavy atom. The van der Waals surface area contributed by atoms with Crippen LogP contribution in [0.1, 0.15) is 49.1 Å². The number of aryl methyl sites for hydroxylation is 2. The third-order valence-electron chi connectivity index (χ3n) is 5.20. The molecule has 2 fully saturated rings. The first-order valence-corrected chi connectivity index (χ1v) is 7.93. The number of nitrogens with zero attached hydrogens (tertiary/aromatic N) is 2. The van der Waals surface area contributed by atoms with Crippen LogP contribution < -0.4 is 0 Å². The predicted molar refractivity (Wildman–Crippen MR) is 78.4 cm³/mol. The molecule has 1 aromatic heterocycles. The summed E-state index contributed by atoms with van der Waals surface area (Å²) in [5, 5.41) is 7.20. The fourth-order valence-corrected chi connectivity index (χ4v) is 3.94. The molecular formula is C16H25N3O. The minimum Gasteiger partial charge on any atom is -0.342 e. The summed E-state index contributed by atoms with van der Waals surface area (Å²) in [7, 11) is 0. The number of nitrogens with one attached hydrogen (secondary N) is 1. The van der Waals surface area contributed by atoms with Crippen molar-refractivity contribution >= 4 is 5.91 Å². The lowest BCUT2D eigenvalue weighted by Gasteiger charge is -2.22. The van der Waals surface area contributed by atoms with E-state index in [-0.39, 0.29) is 0 Å². The SMILES string of the molecule is Cc1n[nH]c(C)c1CCC(=O)N1CC2CCCCC2C1. The Balaban J connectivity index is 1.55. The number of carbonyl (C=O) groups is 1. The molecule has 2 heterocycles. The highest BCUT2D eigenvalue weighted by Crippen LogP contribution is 2.36. The minimum absolute atomic E-state index is 0.333. The number of amides is 1. The van der Waals surface area contributed by atoms with Gasteiger partial charge in [0.1, 0.15) is 0 Å². The summed E-state index contributed by atoms with van der Waals surface area (Å²) in [5.41, 5.74) is 3.35. The third kappa shape index (κ3) is 2.60. The van der Waals surface area contributed by atoms with Gasteiger partial charge in [-0.3, -0.25) is 9.89 Å². The molecule has 2 unspecified atom stereocenters. The van der Waals surface area contributed by atoms with Crippen molar-refractivity contribution in [1.82, 2.24) is 15.1 Å². The maximum absolute atomic E-state index is 12.4. The topological polar surface area (TPSA) is 49.0 Å². The van der Waals surface area contributed by atoms with Gasteiger partial charge in [-0.25, -0.2) is 0 Å². The van der Waals surface area contributed by atoms with Crippen molar-refractivity contribution < 1.29 is 4.79 Å². The quantitative estimate of drug-likeness (QED) is 0.922. The molecule has 1 saturated heterocycles. The van der Waals surface area contributed by atoms with Gasteiger partial charge in [-0.2, -0.15) is 5.10 Å². The average Bonchev–Trinajstić information content (AvgIpc) is 3.01. The van der Waals surface area contributed by atoms with E-state index >= 15 is 0 Å². The van der Waals surface area contributed by atoms with E-state index < -0.39 is 0 Å². The van der Waals surface area contributed by atoms with E-state index in [1.807, 2.05) is 13.8 Å². The second-order valence-electron chi connectivity index (χ2n) is 6.52. The van der Waals surface area contributed by atoms with Gasteiger partial charge in [0.15, 0.2) is 0 Å². The Kier molecular flexibility index (Phi) is 3.81. The molecule has 1 aromatic rings. The van der Waals surface area contributed by atoms with Crippen LogP contribution in [-0.2, 0) is 11.2 Å². The largest absolute Gasteiger partial charge is 0.342 e. The van der Waals surface area contributed by atoms with Gasteiger partial charge >= 0.3 is 0 Å². The lowest BCUT2D eigenvalue weighted by molar-refractivity contribution is -0.130. The molecular weight excluding hydrogens is 250 g/mol. The second-order valence-corrected chi connectivity index (χ2v) is 6.52. The van der Waals surface area contributed by atoms with Gasteiger partial charge in [0.25, 0.3) is 0 Å². The molecule has 0 spiro atoms. The lowest BCUT2D eigenvalue weighted by atomic mass is 9.82. The van der Waals surface area contributed by atoms with Crippen molar-refractivity contribution in [3.63, 3.8) is 0 Å². The Morgan fingerprint density at radius 2 is 1.90 bits per heavy atom. The van der Waals surface area contributed by atoms with Crippen molar-refractivity contribution in [1.29, 1.82) is 0 Å². The first-order valence-electron chi connectivity index (χ1n) is 7.93. The molecule has 0 bridgehead atoms. The van der Waals surface area contributed by atoms with E-state index in [1.165, 1.54) is 31.2 Å². The molecule has 4 heteroatoms. The summed E-state index contributed by atoms with van der Waals surface area (Å²) in [6.45, 7) is 6.05. The number of rotatable bonds is 3. The fraction of sp³-hybridized carbons (Fsp3) is 0.750. The Morgan fingerprint density at radius 3 is 2.45 bits per heavy atom. The van der Waals surface area contributed by atoms with Gasteiger partial charge in [0, 0.05) is 25.2 Å². The molecule has 1 saturated carbocycles. The number of hydrogen-bond acceptors (Lipinski definition) is 2. The zero-order chi connectivity index (χ0) is 14.1. The number of aromatic amines is 1. The van der Waals surface area contributed by atoms with Crippen molar-refractivity contribution in [2.75, 3.05) is 13.1 Å². The Bertz CT molecular complexity index is 460. The molecule has 0 radical (unpaired) electrons. The fourth-order valence-electron chi connectivity index (χ4n) is 3.94. The molecule has 4 nitrogen and oxygen atoms in total. The normalized spacial score (nSPS) is 25.8. The zero-order valence-electron chi connectivity index (χ0n) is 12.6.